The predicted molar refractivity (Wildman–Crippen MR) is 154 cm³/mol. The van der Waals surface area contributed by atoms with E-state index in [-0.39, 0.29) is 31.2 Å². The predicted octanol–water partition coefficient (Wildman–Crippen LogP) is 9.62. The van der Waals surface area contributed by atoms with Gasteiger partial charge < -0.3 is 0 Å². The zero-order chi connectivity index (χ0) is 26.4. The first-order valence-electron chi connectivity index (χ1n) is 13.6. The lowest BCUT2D eigenvalue weighted by molar-refractivity contribution is 0.350. The molecule has 0 radical (unpaired) electrons. The summed E-state index contributed by atoms with van der Waals surface area (Å²) in [6.45, 7) is 21.2. The van der Waals surface area contributed by atoms with E-state index in [1.54, 1.807) is 0 Å². The lowest BCUT2D eigenvalue weighted by Crippen LogP contribution is -2.39. The van der Waals surface area contributed by atoms with Gasteiger partial charge in [-0.25, -0.2) is 0 Å². The third kappa shape index (κ3) is 2.40. The maximum Gasteiger partial charge on any atom is 0.0431 e. The summed E-state index contributed by atoms with van der Waals surface area (Å²) in [7, 11) is -2.43. The Hall–Kier alpha value is -0.710. The molecule has 0 saturated carbocycles. The van der Waals surface area contributed by atoms with Gasteiger partial charge in [0.15, 0.2) is 0 Å². The van der Waals surface area contributed by atoms with Crippen LogP contribution in [-0.4, -0.2) is 20.8 Å². The van der Waals surface area contributed by atoms with Gasteiger partial charge in [-0.15, -0.1) is 0 Å². The summed E-state index contributed by atoms with van der Waals surface area (Å²) in [5.74, 6) is 3.64. The molecule has 0 aromatic heterocycles. The van der Waals surface area contributed by atoms with E-state index in [1.807, 2.05) is 0 Å². The van der Waals surface area contributed by atoms with Gasteiger partial charge in [0.2, 0.25) is 0 Å². The highest BCUT2D eigenvalue weighted by atomic mass is 31.2. The van der Waals surface area contributed by atoms with Crippen molar-refractivity contribution in [3.8, 4) is 11.6 Å². The summed E-state index contributed by atoms with van der Waals surface area (Å²) in [6.07, 6.45) is 0. The van der Waals surface area contributed by atoms with Crippen LogP contribution in [0.4, 0.5) is 0 Å². The van der Waals surface area contributed by atoms with E-state index >= 15 is 0 Å². The molecule has 0 nitrogen and oxygen atoms in total. The van der Waals surface area contributed by atoms with Crippen molar-refractivity contribution in [1.82, 2.24) is 0 Å². The standard InChI is InChI=1S/C31H39P3/c1-26(2,3)25-33-24-29(23-18-14-11-15-19-23)31(34(25)29,28(7,8)9)32(30(24,33)27(4,5)6)21-20-22-16-12-10-13-17-22/h10-19,24-25H,1-9H3/t24-,25+,29+,30-,31-,32?,33?,34?/m1/s1/i24D,25D. The number of hydrogen-bond acceptors (Lipinski definition) is 0. The van der Waals surface area contributed by atoms with Gasteiger partial charge in [-0.05, 0) is 41.9 Å². The normalized spacial score (nSPS) is 46.7. The molecule has 178 valence electrons. The molecule has 0 N–H and O–H groups in total. The van der Waals surface area contributed by atoms with Crippen molar-refractivity contribution < 1.29 is 2.74 Å². The molecule has 34 heavy (non-hydrogen) atoms. The van der Waals surface area contributed by atoms with Gasteiger partial charge in [-0.1, -0.05) is 138 Å². The van der Waals surface area contributed by atoms with E-state index in [0.717, 1.165) is 5.56 Å². The first-order chi connectivity index (χ1) is 16.5. The average Bonchev–Trinajstić information content (AvgIpc) is 3.59. The minimum atomic E-state index is -0.854. The first-order valence-corrected chi connectivity index (χ1v) is 16.6. The van der Waals surface area contributed by atoms with E-state index in [2.05, 4.69) is 135 Å². The number of hydrogen-bond donors (Lipinski definition) is 0. The largest absolute Gasteiger partial charge is 0.0796 e. The van der Waals surface area contributed by atoms with Crippen LogP contribution in [0, 0.1) is 27.8 Å². The third-order valence-electron chi connectivity index (χ3n) is 8.39. The quantitative estimate of drug-likeness (QED) is 0.267. The highest BCUT2D eigenvalue weighted by molar-refractivity contribution is 8.09. The fourth-order valence-corrected chi connectivity index (χ4v) is 27.8. The molecule has 4 saturated heterocycles. The van der Waals surface area contributed by atoms with E-state index in [1.165, 1.54) is 5.56 Å². The smallest absolute Gasteiger partial charge is 0.0431 e. The first kappa shape index (κ1) is 21.4. The van der Waals surface area contributed by atoms with Crippen molar-refractivity contribution in [2.45, 2.75) is 88.3 Å². The topological polar surface area (TPSA) is 0 Å². The van der Waals surface area contributed by atoms with E-state index in [0.29, 0.717) is 0 Å². The van der Waals surface area contributed by atoms with Crippen molar-refractivity contribution in [1.29, 1.82) is 0 Å². The lowest BCUT2D eigenvalue weighted by atomic mass is 9.76. The molecule has 0 amide bonds. The van der Waals surface area contributed by atoms with Gasteiger partial charge in [0.1, 0.15) is 0 Å². The number of fused-ring (bicyclic) bond motifs is 2. The molecule has 0 aliphatic carbocycles. The molecule has 4 heterocycles. The van der Waals surface area contributed by atoms with Crippen LogP contribution in [0.3, 0.4) is 0 Å². The Labute approximate surface area is 214 Å². The van der Waals surface area contributed by atoms with Crippen molar-refractivity contribution in [3.05, 3.63) is 71.8 Å². The van der Waals surface area contributed by atoms with Crippen LogP contribution in [0.25, 0.3) is 0 Å². The monoisotopic (exact) mass is 506 g/mol. The number of benzene rings is 2. The van der Waals surface area contributed by atoms with Crippen LogP contribution in [-0.2, 0) is 5.16 Å². The molecule has 3 unspecified atom stereocenters. The van der Waals surface area contributed by atoms with Crippen LogP contribution < -0.4 is 0 Å². The Bertz CT molecular complexity index is 1310. The molecular weight excluding hydrogens is 465 g/mol. The Morgan fingerprint density at radius 1 is 0.794 bits per heavy atom. The van der Waals surface area contributed by atoms with Crippen molar-refractivity contribution in [3.63, 3.8) is 0 Å². The maximum atomic E-state index is 10.7. The lowest BCUT2D eigenvalue weighted by Gasteiger charge is -2.51. The van der Waals surface area contributed by atoms with E-state index in [9.17, 15) is 2.74 Å². The maximum absolute atomic E-state index is 10.7. The molecule has 6 rings (SSSR count). The van der Waals surface area contributed by atoms with Gasteiger partial charge in [0, 0.05) is 34.3 Å². The van der Waals surface area contributed by atoms with Crippen molar-refractivity contribution in [2.75, 3.05) is 0 Å². The minimum absolute atomic E-state index is 0.0374. The molecule has 3 heteroatoms. The van der Waals surface area contributed by atoms with Crippen LogP contribution in [0.1, 0.15) is 76.2 Å². The van der Waals surface area contributed by atoms with Crippen molar-refractivity contribution in [2.24, 2.45) is 16.2 Å². The molecule has 0 bridgehead atoms. The molecule has 2 aromatic carbocycles. The molecule has 2 aromatic rings. The molecule has 8 atom stereocenters. The second-order valence-electron chi connectivity index (χ2n) is 13.5. The Morgan fingerprint density at radius 2 is 1.35 bits per heavy atom. The third-order valence-corrected chi connectivity index (χ3v) is 23.6. The summed E-state index contributed by atoms with van der Waals surface area (Å²) >= 11 is 0. The second kappa shape index (κ2) is 6.78. The van der Waals surface area contributed by atoms with Crippen LogP contribution in [0.2, 0.25) is 0 Å². The molecule has 4 aliphatic heterocycles. The highest BCUT2D eigenvalue weighted by Gasteiger charge is 3.08. The highest BCUT2D eigenvalue weighted by Crippen LogP contribution is 3.28. The minimum Gasteiger partial charge on any atom is -0.0796 e. The summed E-state index contributed by atoms with van der Waals surface area (Å²) in [6, 6.07) is 21.5. The molecular formula is C31H39P3. The van der Waals surface area contributed by atoms with Gasteiger partial charge in [-0.2, -0.15) is 0 Å². The summed E-state index contributed by atoms with van der Waals surface area (Å²) in [4.78, 5) is -0.281. The summed E-state index contributed by atoms with van der Waals surface area (Å²) in [5, 5.41) is -0.775. The van der Waals surface area contributed by atoms with Gasteiger partial charge in [-0.3, -0.25) is 0 Å². The Balaban J connectivity index is 1.74. The van der Waals surface area contributed by atoms with E-state index in [4.69, 9.17) is 0 Å². The average molecular weight is 507 g/mol. The summed E-state index contributed by atoms with van der Waals surface area (Å²) in [5.41, 5.74) is 5.53. The van der Waals surface area contributed by atoms with Crippen LogP contribution >= 0.6 is 23.8 Å². The number of rotatable bonds is 1. The fourth-order valence-electron chi connectivity index (χ4n) is 7.51. The van der Waals surface area contributed by atoms with Gasteiger partial charge in [0.25, 0.3) is 0 Å². The zero-order valence-electron chi connectivity index (χ0n) is 24.1. The van der Waals surface area contributed by atoms with Crippen LogP contribution in [0.5, 0.6) is 0 Å². The fraction of sp³-hybridized carbons (Fsp3) is 0.548. The Morgan fingerprint density at radius 3 is 1.85 bits per heavy atom. The second-order valence-corrected chi connectivity index (χ2v) is 21.4. The molecule has 4 fully saturated rings. The van der Waals surface area contributed by atoms with Gasteiger partial charge in [0.05, 0.1) is 0 Å². The Kier molecular flexibility index (Phi) is 4.26. The zero-order valence-corrected chi connectivity index (χ0v) is 24.8. The van der Waals surface area contributed by atoms with Crippen molar-refractivity contribution >= 4 is 23.8 Å². The SMILES string of the molecule is [2H][C@]1(C(C)(C)C)P2[C@]3(C(C)(C)C)P(C#Cc4ccccc4)[C@]4(C(C)(C)C)P1[C@@]4(c1ccccc1)[C@@]23[2H]. The summed E-state index contributed by atoms with van der Waals surface area (Å²) < 4.78 is 21.2. The molecule has 0 spiro atoms. The van der Waals surface area contributed by atoms with E-state index < -0.39 is 34.8 Å². The van der Waals surface area contributed by atoms with Crippen LogP contribution in [0.15, 0.2) is 60.7 Å². The van der Waals surface area contributed by atoms with Gasteiger partial charge >= 0.3 is 0 Å². The molecule has 4 aliphatic rings.